The molecule has 7 aromatic rings. The van der Waals surface area contributed by atoms with E-state index in [-0.39, 0.29) is 49.3 Å². The molecule has 0 unspecified atom stereocenters. The molecule has 2 fully saturated rings. The van der Waals surface area contributed by atoms with Gasteiger partial charge in [0.25, 0.3) is 5.56 Å². The number of esters is 8. The van der Waals surface area contributed by atoms with Crippen molar-refractivity contribution < 1.29 is 115 Å². The van der Waals surface area contributed by atoms with Crippen LogP contribution in [-0.4, -0.2) is 172 Å². The Morgan fingerprint density at radius 2 is 0.793 bits per heavy atom. The molecule has 2 saturated heterocycles. The second-order valence-corrected chi connectivity index (χ2v) is 37.1. The number of carbonyl (C=O) groups is 9. The van der Waals surface area contributed by atoms with Gasteiger partial charge in [-0.1, -0.05) is 176 Å². The van der Waals surface area contributed by atoms with Crippen LogP contribution in [0.2, 0.25) is 0 Å². The number of carboxylic acid groups (broad SMARTS) is 1. The first-order chi connectivity index (χ1) is 63.3. The number of aliphatic hydroxyl groups excluding tert-OH is 2. The summed E-state index contributed by atoms with van der Waals surface area (Å²) in [6.45, 7) is 31.7. The average Bonchev–Trinajstić information content (AvgIpc) is 1.39. The van der Waals surface area contributed by atoms with E-state index in [1.54, 1.807) is 25.1 Å². The van der Waals surface area contributed by atoms with Crippen molar-refractivity contribution in [2.75, 3.05) is 19.8 Å². The number of carbonyl (C=O) groups excluding carboxylic acids is 8. The number of nitrogens with one attached hydrogen (secondary N) is 4. The summed E-state index contributed by atoms with van der Waals surface area (Å²) in [6, 6.07) is 34.7. The summed E-state index contributed by atoms with van der Waals surface area (Å²) in [7, 11) is 0. The molecule has 736 valence electrons. The Morgan fingerprint density at radius 3 is 1.12 bits per heavy atom. The van der Waals surface area contributed by atoms with Crippen LogP contribution in [0.1, 0.15) is 198 Å². The van der Waals surface area contributed by atoms with Crippen molar-refractivity contribution in [1.82, 2.24) is 10.2 Å². The molecule has 31 nitrogen and oxygen atoms in total. The lowest BCUT2D eigenvalue weighted by Gasteiger charge is -2.44. The minimum atomic E-state index is -1.56. The zero-order valence-electron chi connectivity index (χ0n) is 79.2. The van der Waals surface area contributed by atoms with E-state index >= 15 is 0 Å². The zero-order valence-corrected chi connectivity index (χ0v) is 87.8. The predicted molar refractivity (Wildman–Crippen MR) is 528 cm³/mol. The maximum absolute atomic E-state index is 12.2. The van der Waals surface area contributed by atoms with Crippen molar-refractivity contribution >= 4 is 163 Å². The zero-order chi connectivity index (χ0) is 102. The van der Waals surface area contributed by atoms with Crippen LogP contribution in [0.3, 0.4) is 0 Å². The normalized spacial score (nSPS) is 17.9. The van der Waals surface area contributed by atoms with Gasteiger partial charge in [0.05, 0.1) is 12.2 Å². The van der Waals surface area contributed by atoms with E-state index in [1.165, 1.54) is 36.1 Å². The van der Waals surface area contributed by atoms with Gasteiger partial charge < -0.3 is 88.7 Å². The van der Waals surface area contributed by atoms with Gasteiger partial charge in [-0.25, -0.2) is 4.79 Å². The fourth-order valence-corrected chi connectivity index (χ4v) is 16.1. The van der Waals surface area contributed by atoms with E-state index in [0.29, 0.717) is 52.7 Å². The SMILES string of the molecule is CC(=O)OC[C@H]1O[C@@H](OC(=N)/C(Cc2ccc(/C=C/CCO)cc2C)=C(\N)C(C)C)[C@H](OC(C)=O)[C@@H](OC(C)=O)[C@@H]1OC(C)=O.CC(=O)OC[C@H]1O[C@@H](OC(=N)/C(Cc2ccc(Br)cc2C)=C(\N)C(C)C)[C@H](OC(C)=O)[C@@H](OC(C)=O)[C@@H]1OC(C)=O.Cc1cc(Br)ccc1C(=O)O.Cc1cc(Br)ccc1CCl.Cc1cc(Br)ccc1CO.Cc1cc(Br)ccc1Cc1c(C(C)C)[nH][nH]c1=O. The van der Waals surface area contributed by atoms with Gasteiger partial charge in [-0.2, -0.15) is 0 Å². The molecule has 0 amide bonds. The topological polar surface area (TPSA) is 473 Å². The van der Waals surface area contributed by atoms with Crippen molar-refractivity contribution in [3.63, 3.8) is 0 Å². The molecule has 10 atom stereocenters. The molecule has 0 spiro atoms. The number of aryl methyl sites for hydroxylation is 6. The quantitative estimate of drug-likeness (QED) is 0.00691. The van der Waals surface area contributed by atoms with Crippen LogP contribution in [0.25, 0.3) is 6.08 Å². The van der Waals surface area contributed by atoms with Crippen molar-refractivity contribution in [3.05, 3.63) is 254 Å². The Balaban J connectivity index is 0.000000378. The highest BCUT2D eigenvalue weighted by atomic mass is 79.9. The molecule has 135 heavy (non-hydrogen) atoms. The van der Waals surface area contributed by atoms with Crippen LogP contribution in [0, 0.1) is 64.2 Å². The van der Waals surface area contributed by atoms with Crippen molar-refractivity contribution in [3.8, 4) is 0 Å². The van der Waals surface area contributed by atoms with E-state index in [0.717, 1.165) is 120 Å². The van der Waals surface area contributed by atoms with Crippen LogP contribution >= 0.6 is 91.3 Å². The molecule has 9 rings (SSSR count). The van der Waals surface area contributed by atoms with Gasteiger partial charge in [-0.05, 0) is 199 Å². The lowest BCUT2D eigenvalue weighted by atomic mass is 9.94. The third-order valence-electron chi connectivity index (χ3n) is 20.4. The minimum absolute atomic E-state index is 0.0129. The number of aromatic amines is 2. The first-order valence-corrected chi connectivity index (χ1v) is 47.2. The molecule has 11 N–H and O–H groups in total. The van der Waals surface area contributed by atoms with Crippen LogP contribution in [0.4, 0.5) is 0 Å². The molecule has 0 bridgehead atoms. The van der Waals surface area contributed by atoms with Crippen molar-refractivity contribution in [2.24, 2.45) is 23.3 Å². The summed E-state index contributed by atoms with van der Waals surface area (Å²) < 4.78 is 71.6. The largest absolute Gasteiger partial charge is 0.478 e. The van der Waals surface area contributed by atoms with Gasteiger partial charge in [-0.15, -0.1) is 11.6 Å². The van der Waals surface area contributed by atoms with Crippen molar-refractivity contribution in [2.45, 2.75) is 244 Å². The standard InChI is InChI=1S/C32H44N2O11.C28H37BrN2O10.C14H17BrN2O.C8H8BrCl.C8H7BrO2.C8H9BrO/c1-17(2)27(33)25(15-24-12-11-23(14-18(24)3)10-8-9-13-35)31(34)45-32-30(43-22(7)39)29(42-21(6)38)28(41-20(5)37)26(44-32)16-40-19(4)36;1-13(2)23(30)21(11-19-8-9-20(29)10-14(19)3)27(31)41-28-26(39-18(7)35)25(38-17(6)34)24(37-16(5)33)22(40-28)12-36-15(4)32;1-8(2)13-12(14(18)17-16-13)7-10-4-5-11(15)6-9(10)3;1-6-4-8(9)3-2-7(6)5-10;1-5-4-6(9)2-3-7(5)8(10)11;1-6-4-8(9)3-2-7(6)5-10/h8,10-12,14,17,26,28-30,32,34-35H,9,13,15-16,33H2,1-7H3;8-10,13,22,24-26,28,31H,11-12,30H2,1-7H3;4-6,8H,7H2,1-3H3,(H2,16,17,18);2-4H,5H2,1H3;2-4H,1H3,(H,10,11);2-4,10H,5H2,1H3/b10-8+,27-25-,34-31?;23-21-,31-27?;;;;/t26-,28-,29+,30-,32+;22-,24-,25+,26-,28+;;;;/m11..../s1. The first-order valence-electron chi connectivity index (χ1n) is 42.7. The Kier molecular flexibility index (Phi) is 50.1. The second-order valence-electron chi connectivity index (χ2n) is 32.3. The number of aliphatic hydroxyl groups is 2. The fraction of sp³-hybridized carbons (Fsp3) is 0.429. The number of hydrogen-bond donors (Lipinski definition) is 9. The summed E-state index contributed by atoms with van der Waals surface area (Å²) in [5.41, 5.74) is 28.8. The Morgan fingerprint density at radius 1 is 0.452 bits per heavy atom. The maximum Gasteiger partial charge on any atom is 0.335 e. The van der Waals surface area contributed by atoms with Gasteiger partial charge in [0.1, 0.15) is 25.4 Å². The average molecular weight is 2220 g/mol. The number of ether oxygens (including phenoxy) is 12. The second kappa shape index (κ2) is 57.8. The summed E-state index contributed by atoms with van der Waals surface area (Å²) in [5, 5.41) is 50.0. The van der Waals surface area contributed by atoms with Gasteiger partial charge in [0.15, 0.2) is 24.4 Å². The molecule has 3 heterocycles. The van der Waals surface area contributed by atoms with E-state index in [9.17, 15) is 47.9 Å². The van der Waals surface area contributed by atoms with Gasteiger partial charge >= 0.3 is 53.7 Å². The third-order valence-corrected chi connectivity index (χ3v) is 23.1. The van der Waals surface area contributed by atoms with Gasteiger partial charge in [0.2, 0.25) is 36.6 Å². The molecular formula is C98H122Br5ClN6O25. The molecule has 2 aliphatic heterocycles. The van der Waals surface area contributed by atoms with Crippen LogP contribution in [0.5, 0.6) is 0 Å². The number of halogens is 6. The molecule has 0 radical (unpaired) electrons. The van der Waals surface area contributed by atoms with Crippen LogP contribution in [0.15, 0.2) is 165 Å². The third kappa shape index (κ3) is 39.5. The number of nitrogens with two attached hydrogens (primary N) is 2. The number of benzene rings is 6. The Hall–Kier alpha value is -10.2. The highest BCUT2D eigenvalue weighted by molar-refractivity contribution is 9.11. The van der Waals surface area contributed by atoms with E-state index in [4.69, 9.17) is 106 Å². The fourth-order valence-electron chi connectivity index (χ4n) is 13.4. The molecule has 1 aromatic heterocycles. The van der Waals surface area contributed by atoms with Crippen molar-refractivity contribution in [1.29, 1.82) is 10.8 Å². The number of allylic oxidation sites excluding steroid dienone is 2. The summed E-state index contributed by atoms with van der Waals surface area (Å²) >= 11 is 22.5. The number of H-pyrrole nitrogens is 2. The van der Waals surface area contributed by atoms with Crippen LogP contribution in [-0.2, 0) is 127 Å². The van der Waals surface area contributed by atoms with Crippen LogP contribution < -0.4 is 17.0 Å². The number of aromatic carboxylic acids is 1. The number of rotatable bonds is 29. The monoisotopic (exact) mass is 2210 g/mol. The van der Waals surface area contributed by atoms with E-state index < -0.39 is 134 Å². The first kappa shape index (κ1) is 117. The van der Waals surface area contributed by atoms with Gasteiger partial charge in [-0.3, -0.25) is 59.1 Å². The molecule has 0 saturated carbocycles. The van der Waals surface area contributed by atoms with Gasteiger partial charge in [0, 0.05) is 143 Å². The number of carboxylic acids is 1. The smallest absolute Gasteiger partial charge is 0.335 e. The number of aromatic nitrogens is 2. The Bertz CT molecular complexity index is 5390. The lowest BCUT2D eigenvalue weighted by molar-refractivity contribution is -0.291. The minimum Gasteiger partial charge on any atom is -0.478 e. The summed E-state index contributed by atoms with van der Waals surface area (Å²) in [4.78, 5) is 118. The van der Waals surface area contributed by atoms with E-state index in [2.05, 4.69) is 136 Å². The molecule has 2 aliphatic rings. The maximum atomic E-state index is 12.2. The van der Waals surface area contributed by atoms with E-state index in [1.807, 2.05) is 133 Å². The number of hydrogen-bond acceptors (Lipinski definition) is 28. The summed E-state index contributed by atoms with van der Waals surface area (Å²) in [5.74, 6) is -7.02. The highest BCUT2D eigenvalue weighted by Gasteiger charge is 2.55. The molecular weight excluding hydrogens is 2100 g/mol. The molecule has 6 aromatic carbocycles. The predicted octanol–water partition coefficient (Wildman–Crippen LogP) is 17.8. The molecule has 37 heteroatoms. The summed E-state index contributed by atoms with van der Waals surface area (Å²) in [6.07, 6.45) is -8.61. The number of alkyl halides is 1. The lowest BCUT2D eigenvalue weighted by Crippen LogP contribution is -2.63. The Labute approximate surface area is 834 Å². The highest BCUT2D eigenvalue weighted by Crippen LogP contribution is 2.36. The molecule has 0 aliphatic carbocycles.